The van der Waals surface area contributed by atoms with E-state index in [9.17, 15) is 4.79 Å². The van der Waals surface area contributed by atoms with Crippen LogP contribution in [0, 0.1) is 0 Å². The number of rotatable bonds is 5. The smallest absolute Gasteiger partial charge is 0.277 e. The molecule has 0 unspecified atom stereocenters. The monoisotopic (exact) mass is 288 g/mol. The summed E-state index contributed by atoms with van der Waals surface area (Å²) in [6, 6.07) is 16.4. The quantitative estimate of drug-likeness (QED) is 0.679. The molecule has 2 aromatic rings. The average Bonchev–Trinajstić information content (AvgIpc) is 2.47. The molecule has 0 aliphatic rings. The van der Waals surface area contributed by atoms with Gasteiger partial charge in [-0.05, 0) is 17.7 Å². The Bertz CT molecular complexity index is 600. The molecule has 4 nitrogen and oxygen atoms in total. The molecule has 1 amide bonds. The molecule has 0 bridgehead atoms. The summed E-state index contributed by atoms with van der Waals surface area (Å²) >= 11 is 5.91. The fourth-order valence-corrected chi connectivity index (χ4v) is 1.65. The highest BCUT2D eigenvalue weighted by molar-refractivity contribution is 6.32. The Hall–Kier alpha value is -2.33. The summed E-state index contributed by atoms with van der Waals surface area (Å²) in [5.41, 5.74) is 3.29. The van der Waals surface area contributed by atoms with Crippen LogP contribution in [0.15, 0.2) is 59.7 Å². The maximum Gasteiger partial charge on any atom is 0.277 e. The first-order valence-electron chi connectivity index (χ1n) is 6.00. The highest BCUT2D eigenvalue weighted by atomic mass is 35.5. The van der Waals surface area contributed by atoms with Crippen molar-refractivity contribution in [3.63, 3.8) is 0 Å². The topological polar surface area (TPSA) is 50.7 Å². The molecule has 0 radical (unpaired) electrons. The van der Waals surface area contributed by atoms with Gasteiger partial charge in [0.1, 0.15) is 5.75 Å². The summed E-state index contributed by atoms with van der Waals surface area (Å²) in [7, 11) is 0. The van der Waals surface area contributed by atoms with Gasteiger partial charge in [-0.3, -0.25) is 4.79 Å². The van der Waals surface area contributed by atoms with Crippen molar-refractivity contribution in [1.29, 1.82) is 0 Å². The van der Waals surface area contributed by atoms with E-state index in [1.807, 2.05) is 30.3 Å². The number of para-hydroxylation sites is 1. The Labute approximate surface area is 122 Å². The zero-order valence-electron chi connectivity index (χ0n) is 10.6. The Morgan fingerprint density at radius 1 is 1.15 bits per heavy atom. The van der Waals surface area contributed by atoms with Crippen LogP contribution in [0.3, 0.4) is 0 Å². The van der Waals surface area contributed by atoms with Crippen LogP contribution in [0.2, 0.25) is 5.02 Å². The molecule has 20 heavy (non-hydrogen) atoms. The Morgan fingerprint density at radius 3 is 2.60 bits per heavy atom. The van der Waals surface area contributed by atoms with E-state index in [2.05, 4.69) is 10.5 Å². The standard InChI is InChI=1S/C15H13ClN2O2/c16-13-8-4-5-9-14(13)20-11-15(19)18-17-10-12-6-2-1-3-7-12/h1-10H,11H2,(H,18,19). The zero-order chi connectivity index (χ0) is 14.2. The van der Waals surface area contributed by atoms with Gasteiger partial charge in [0.15, 0.2) is 6.61 Å². The van der Waals surface area contributed by atoms with Crippen LogP contribution in [0.5, 0.6) is 5.75 Å². The van der Waals surface area contributed by atoms with Crippen molar-refractivity contribution >= 4 is 23.7 Å². The van der Waals surface area contributed by atoms with Crippen molar-refractivity contribution in [2.45, 2.75) is 0 Å². The number of nitrogens with zero attached hydrogens (tertiary/aromatic N) is 1. The van der Waals surface area contributed by atoms with Gasteiger partial charge in [-0.1, -0.05) is 54.1 Å². The lowest BCUT2D eigenvalue weighted by atomic mass is 10.2. The predicted molar refractivity (Wildman–Crippen MR) is 79.1 cm³/mol. The second kappa shape index (κ2) is 7.31. The minimum atomic E-state index is -0.350. The maximum atomic E-state index is 11.5. The van der Waals surface area contributed by atoms with Gasteiger partial charge in [-0.15, -0.1) is 0 Å². The highest BCUT2D eigenvalue weighted by Crippen LogP contribution is 2.22. The molecular formula is C15H13ClN2O2. The van der Waals surface area contributed by atoms with E-state index >= 15 is 0 Å². The van der Waals surface area contributed by atoms with Crippen LogP contribution < -0.4 is 10.2 Å². The summed E-state index contributed by atoms with van der Waals surface area (Å²) in [6.45, 7) is -0.143. The normalized spacial score (nSPS) is 10.4. The minimum Gasteiger partial charge on any atom is -0.482 e. The molecule has 0 saturated carbocycles. The van der Waals surface area contributed by atoms with Gasteiger partial charge in [-0.2, -0.15) is 5.10 Å². The fourth-order valence-electron chi connectivity index (χ4n) is 1.46. The summed E-state index contributed by atoms with van der Waals surface area (Å²) in [5, 5.41) is 4.30. The number of carbonyl (C=O) groups is 1. The Balaban J connectivity index is 1.79. The molecule has 102 valence electrons. The molecule has 2 aromatic carbocycles. The fraction of sp³-hybridized carbons (Fsp3) is 0.0667. The van der Waals surface area contributed by atoms with Gasteiger partial charge in [0.25, 0.3) is 5.91 Å². The highest BCUT2D eigenvalue weighted by Gasteiger charge is 2.03. The lowest BCUT2D eigenvalue weighted by molar-refractivity contribution is -0.123. The van der Waals surface area contributed by atoms with Crippen molar-refractivity contribution in [3.8, 4) is 5.75 Å². The molecule has 0 saturated heterocycles. The third-order valence-corrected chi connectivity index (χ3v) is 2.71. The zero-order valence-corrected chi connectivity index (χ0v) is 11.4. The second-order valence-electron chi connectivity index (χ2n) is 3.92. The summed E-state index contributed by atoms with van der Waals surface area (Å²) in [6.07, 6.45) is 1.56. The van der Waals surface area contributed by atoms with E-state index in [1.165, 1.54) is 0 Å². The second-order valence-corrected chi connectivity index (χ2v) is 4.33. The van der Waals surface area contributed by atoms with E-state index in [0.717, 1.165) is 5.56 Å². The van der Waals surface area contributed by atoms with E-state index in [-0.39, 0.29) is 12.5 Å². The number of nitrogens with one attached hydrogen (secondary N) is 1. The van der Waals surface area contributed by atoms with Gasteiger partial charge in [0.05, 0.1) is 11.2 Å². The van der Waals surface area contributed by atoms with Gasteiger partial charge < -0.3 is 4.74 Å². The van der Waals surface area contributed by atoms with Crippen molar-refractivity contribution < 1.29 is 9.53 Å². The summed E-state index contributed by atoms with van der Waals surface area (Å²) < 4.78 is 5.28. The number of halogens is 1. The van der Waals surface area contributed by atoms with Gasteiger partial charge in [0, 0.05) is 0 Å². The van der Waals surface area contributed by atoms with Crippen LogP contribution in [0.25, 0.3) is 0 Å². The van der Waals surface area contributed by atoms with Crippen LogP contribution in [0.1, 0.15) is 5.56 Å². The molecule has 0 heterocycles. The number of hydrazone groups is 1. The van der Waals surface area contributed by atoms with Crippen LogP contribution in [0.4, 0.5) is 0 Å². The van der Waals surface area contributed by atoms with Crippen LogP contribution in [-0.2, 0) is 4.79 Å². The number of ether oxygens (including phenoxy) is 1. The lowest BCUT2D eigenvalue weighted by Crippen LogP contribution is -2.24. The van der Waals surface area contributed by atoms with Gasteiger partial charge in [0.2, 0.25) is 0 Å². The lowest BCUT2D eigenvalue weighted by Gasteiger charge is -2.06. The average molecular weight is 289 g/mol. The molecule has 0 fully saturated rings. The Morgan fingerprint density at radius 2 is 1.85 bits per heavy atom. The van der Waals surface area contributed by atoms with E-state index in [1.54, 1.807) is 30.5 Å². The molecule has 1 N–H and O–H groups in total. The van der Waals surface area contributed by atoms with Crippen LogP contribution >= 0.6 is 11.6 Å². The van der Waals surface area contributed by atoms with E-state index in [4.69, 9.17) is 16.3 Å². The molecule has 0 atom stereocenters. The third-order valence-electron chi connectivity index (χ3n) is 2.40. The van der Waals surface area contributed by atoms with Gasteiger partial charge >= 0.3 is 0 Å². The first kappa shape index (κ1) is 14.1. The van der Waals surface area contributed by atoms with E-state index < -0.39 is 0 Å². The number of amides is 1. The minimum absolute atomic E-state index is 0.143. The number of benzene rings is 2. The molecule has 5 heteroatoms. The maximum absolute atomic E-state index is 11.5. The number of hydrogen-bond donors (Lipinski definition) is 1. The SMILES string of the molecule is O=C(COc1ccccc1Cl)NN=Cc1ccccc1. The number of hydrogen-bond acceptors (Lipinski definition) is 3. The molecular weight excluding hydrogens is 276 g/mol. The Kier molecular flexibility index (Phi) is 5.15. The van der Waals surface area contributed by atoms with E-state index in [0.29, 0.717) is 10.8 Å². The first-order chi connectivity index (χ1) is 9.75. The van der Waals surface area contributed by atoms with Crippen molar-refractivity contribution in [2.24, 2.45) is 5.10 Å². The molecule has 0 aromatic heterocycles. The number of carbonyl (C=O) groups excluding carboxylic acids is 1. The summed E-state index contributed by atoms with van der Waals surface area (Å²) in [5.74, 6) is 0.119. The third kappa shape index (κ3) is 4.40. The van der Waals surface area contributed by atoms with Crippen LogP contribution in [-0.4, -0.2) is 18.7 Å². The largest absolute Gasteiger partial charge is 0.482 e. The van der Waals surface area contributed by atoms with Crippen molar-refractivity contribution in [1.82, 2.24) is 5.43 Å². The predicted octanol–water partition coefficient (Wildman–Crippen LogP) is 2.87. The molecule has 0 aliphatic carbocycles. The van der Waals surface area contributed by atoms with Gasteiger partial charge in [-0.25, -0.2) is 5.43 Å². The van der Waals surface area contributed by atoms with Crippen molar-refractivity contribution in [2.75, 3.05) is 6.61 Å². The van der Waals surface area contributed by atoms with Crippen molar-refractivity contribution in [3.05, 3.63) is 65.2 Å². The molecule has 2 rings (SSSR count). The summed E-state index contributed by atoms with van der Waals surface area (Å²) in [4.78, 5) is 11.5. The first-order valence-corrected chi connectivity index (χ1v) is 6.38. The molecule has 0 aliphatic heterocycles. The molecule has 0 spiro atoms.